The van der Waals surface area contributed by atoms with Gasteiger partial charge in [-0.15, -0.1) is 0 Å². The van der Waals surface area contributed by atoms with Gasteiger partial charge in [0.15, 0.2) is 0 Å². The number of carboxylic acid groups (broad SMARTS) is 1. The molecule has 0 aliphatic heterocycles. The van der Waals surface area contributed by atoms with Crippen LogP contribution in [0.1, 0.15) is 17.5 Å². The number of amides is 1. The smallest absolute Gasteiger partial charge is 0.307 e. The number of anilines is 1. The van der Waals surface area contributed by atoms with E-state index in [1.165, 1.54) is 14.2 Å². The van der Waals surface area contributed by atoms with Crippen LogP contribution in [0.4, 0.5) is 5.69 Å². The van der Waals surface area contributed by atoms with Crippen LogP contribution >= 0.6 is 0 Å². The lowest BCUT2D eigenvalue weighted by Gasteiger charge is -2.15. The van der Waals surface area contributed by atoms with Crippen molar-refractivity contribution in [1.82, 2.24) is 0 Å². The van der Waals surface area contributed by atoms with Gasteiger partial charge in [0.25, 0.3) is 0 Å². The summed E-state index contributed by atoms with van der Waals surface area (Å²) in [5, 5.41) is 12.2. The summed E-state index contributed by atoms with van der Waals surface area (Å²) in [5.74, 6) is -1.16. The van der Waals surface area contributed by atoms with Crippen molar-refractivity contribution < 1.29 is 24.2 Å². The summed E-state index contributed by atoms with van der Waals surface area (Å²) in [7, 11) is 3.02. The predicted molar refractivity (Wildman–Crippen MR) is 98.8 cm³/mol. The summed E-state index contributed by atoms with van der Waals surface area (Å²) in [6.07, 6.45) is 0.155. The van der Waals surface area contributed by atoms with Crippen molar-refractivity contribution in [2.24, 2.45) is 5.92 Å². The molecule has 0 heterocycles. The van der Waals surface area contributed by atoms with Crippen LogP contribution in [0.5, 0.6) is 11.5 Å². The highest BCUT2D eigenvalue weighted by Crippen LogP contribution is 2.29. The van der Waals surface area contributed by atoms with Gasteiger partial charge >= 0.3 is 5.97 Å². The van der Waals surface area contributed by atoms with Gasteiger partial charge in [-0.1, -0.05) is 29.8 Å². The van der Waals surface area contributed by atoms with Crippen LogP contribution in [0.25, 0.3) is 0 Å². The average molecular weight is 357 g/mol. The number of carbonyl (C=O) groups is 2. The zero-order valence-electron chi connectivity index (χ0n) is 15.1. The highest BCUT2D eigenvalue weighted by molar-refractivity contribution is 5.94. The van der Waals surface area contributed by atoms with Crippen molar-refractivity contribution in [3.63, 3.8) is 0 Å². The number of rotatable bonds is 8. The quantitative estimate of drug-likeness (QED) is 0.757. The van der Waals surface area contributed by atoms with Gasteiger partial charge in [0, 0.05) is 12.5 Å². The van der Waals surface area contributed by atoms with Gasteiger partial charge in [0.05, 0.1) is 25.8 Å². The molecule has 0 aromatic heterocycles. The molecule has 0 saturated carbocycles. The predicted octanol–water partition coefficient (Wildman–Crippen LogP) is 3.28. The molecule has 6 heteroatoms. The molecule has 2 N–H and O–H groups in total. The first-order valence-electron chi connectivity index (χ1n) is 8.23. The first-order chi connectivity index (χ1) is 12.4. The second kappa shape index (κ2) is 8.89. The lowest BCUT2D eigenvalue weighted by atomic mass is 9.95. The molecule has 0 spiro atoms. The molecule has 138 valence electrons. The van der Waals surface area contributed by atoms with Crippen LogP contribution in [0, 0.1) is 12.8 Å². The largest absolute Gasteiger partial charge is 0.497 e. The summed E-state index contributed by atoms with van der Waals surface area (Å²) >= 11 is 0. The molecule has 0 bridgehead atoms. The van der Waals surface area contributed by atoms with E-state index in [0.29, 0.717) is 17.2 Å². The Balaban J connectivity index is 2.08. The Kier molecular flexibility index (Phi) is 6.60. The number of carboxylic acids is 1. The van der Waals surface area contributed by atoms with Crippen molar-refractivity contribution in [3.05, 3.63) is 53.6 Å². The van der Waals surface area contributed by atoms with E-state index in [4.69, 9.17) is 9.47 Å². The minimum atomic E-state index is -1.00. The molecule has 0 radical (unpaired) electrons. The van der Waals surface area contributed by atoms with Gasteiger partial charge in [-0.3, -0.25) is 9.59 Å². The normalized spacial score (nSPS) is 11.5. The molecule has 1 amide bonds. The number of methoxy groups -OCH3 is 2. The van der Waals surface area contributed by atoms with Gasteiger partial charge in [0.1, 0.15) is 11.5 Å². The molecule has 2 rings (SSSR count). The summed E-state index contributed by atoms with van der Waals surface area (Å²) in [4.78, 5) is 23.9. The molecule has 0 aliphatic rings. The second-order valence-electron chi connectivity index (χ2n) is 6.04. The molecular weight excluding hydrogens is 334 g/mol. The van der Waals surface area contributed by atoms with Crippen LogP contribution in [0.2, 0.25) is 0 Å². The van der Waals surface area contributed by atoms with Crippen LogP contribution in [-0.4, -0.2) is 31.2 Å². The maximum Gasteiger partial charge on any atom is 0.307 e. The maximum absolute atomic E-state index is 12.4. The minimum Gasteiger partial charge on any atom is -0.497 e. The van der Waals surface area contributed by atoms with Crippen molar-refractivity contribution in [2.45, 2.75) is 19.8 Å². The van der Waals surface area contributed by atoms with Gasteiger partial charge < -0.3 is 19.9 Å². The molecule has 0 unspecified atom stereocenters. The molecule has 0 aliphatic carbocycles. The van der Waals surface area contributed by atoms with E-state index in [1.807, 2.05) is 31.2 Å². The van der Waals surface area contributed by atoms with E-state index in [1.54, 1.807) is 18.2 Å². The molecule has 0 saturated heterocycles. The number of aliphatic carboxylic acids is 1. The van der Waals surface area contributed by atoms with Gasteiger partial charge in [-0.2, -0.15) is 0 Å². The number of aryl methyl sites for hydroxylation is 1. The third-order valence-corrected chi connectivity index (χ3v) is 4.06. The van der Waals surface area contributed by atoms with Crippen molar-refractivity contribution in [3.8, 4) is 11.5 Å². The van der Waals surface area contributed by atoms with Crippen molar-refractivity contribution in [2.75, 3.05) is 19.5 Å². The number of carbonyl (C=O) groups excluding carboxylic acids is 1. The zero-order chi connectivity index (χ0) is 19.1. The van der Waals surface area contributed by atoms with Crippen LogP contribution in [-0.2, 0) is 16.0 Å². The fourth-order valence-corrected chi connectivity index (χ4v) is 2.59. The minimum absolute atomic E-state index is 0.135. The number of hydrogen-bond acceptors (Lipinski definition) is 4. The summed E-state index contributed by atoms with van der Waals surface area (Å²) < 4.78 is 10.4. The third-order valence-electron chi connectivity index (χ3n) is 4.06. The Bertz CT molecular complexity index is 770. The number of ether oxygens (including phenoxy) is 2. The maximum atomic E-state index is 12.4. The summed E-state index contributed by atoms with van der Waals surface area (Å²) in [6, 6.07) is 12.6. The fraction of sp³-hybridized carbons (Fsp3) is 0.300. The van der Waals surface area contributed by atoms with E-state index in [9.17, 15) is 14.7 Å². The molecule has 6 nitrogen and oxygen atoms in total. The Hall–Kier alpha value is -3.02. The standard InChI is InChI=1S/C20H23NO5/c1-13-4-6-14(7-5-13)10-15(20(23)24)11-19(22)21-17-12-16(25-2)8-9-18(17)26-3/h4-9,12,15H,10-11H2,1-3H3,(H,21,22)(H,23,24)/t15-/m0/s1. The van der Waals surface area contributed by atoms with Crippen LogP contribution in [0.3, 0.4) is 0 Å². The first-order valence-corrected chi connectivity index (χ1v) is 8.23. The summed E-state index contributed by atoms with van der Waals surface area (Å²) in [6.45, 7) is 1.97. The Morgan fingerprint density at radius 3 is 2.35 bits per heavy atom. The molecular formula is C20H23NO5. The lowest BCUT2D eigenvalue weighted by molar-refractivity contribution is -0.143. The van der Waals surface area contributed by atoms with Crippen molar-refractivity contribution in [1.29, 1.82) is 0 Å². The third kappa shape index (κ3) is 5.24. The van der Waals surface area contributed by atoms with Crippen LogP contribution in [0.15, 0.2) is 42.5 Å². The number of hydrogen-bond donors (Lipinski definition) is 2. The molecule has 0 fully saturated rings. The molecule has 1 atom stereocenters. The van der Waals surface area contributed by atoms with Gasteiger partial charge in [0.2, 0.25) is 5.91 Å². The second-order valence-corrected chi connectivity index (χ2v) is 6.04. The van der Waals surface area contributed by atoms with Crippen LogP contribution < -0.4 is 14.8 Å². The molecule has 2 aromatic rings. The van der Waals surface area contributed by atoms with Gasteiger partial charge in [-0.25, -0.2) is 0 Å². The highest BCUT2D eigenvalue weighted by Gasteiger charge is 2.22. The van der Waals surface area contributed by atoms with Crippen molar-refractivity contribution >= 4 is 17.6 Å². The molecule has 26 heavy (non-hydrogen) atoms. The van der Waals surface area contributed by atoms with E-state index in [2.05, 4.69) is 5.32 Å². The van der Waals surface area contributed by atoms with E-state index in [-0.39, 0.29) is 12.8 Å². The number of benzene rings is 2. The SMILES string of the molecule is COc1ccc(OC)c(NC(=O)C[C@H](Cc2ccc(C)cc2)C(=O)O)c1. The average Bonchev–Trinajstić information content (AvgIpc) is 2.62. The molecule has 2 aromatic carbocycles. The topological polar surface area (TPSA) is 84.9 Å². The zero-order valence-corrected chi connectivity index (χ0v) is 15.1. The monoisotopic (exact) mass is 357 g/mol. The summed E-state index contributed by atoms with van der Waals surface area (Å²) in [5.41, 5.74) is 2.43. The Morgan fingerprint density at radius 1 is 1.08 bits per heavy atom. The van der Waals surface area contributed by atoms with E-state index >= 15 is 0 Å². The first kappa shape index (κ1) is 19.3. The number of nitrogens with one attached hydrogen (secondary N) is 1. The Labute approximate surface area is 152 Å². The van der Waals surface area contributed by atoms with Gasteiger partial charge in [-0.05, 0) is 31.0 Å². The van der Waals surface area contributed by atoms with E-state index in [0.717, 1.165) is 11.1 Å². The lowest BCUT2D eigenvalue weighted by Crippen LogP contribution is -2.24. The highest BCUT2D eigenvalue weighted by atomic mass is 16.5. The fourth-order valence-electron chi connectivity index (χ4n) is 2.59. The Morgan fingerprint density at radius 2 is 1.77 bits per heavy atom. The van der Waals surface area contributed by atoms with E-state index < -0.39 is 17.8 Å².